The molecule has 6 fully saturated rings. The van der Waals surface area contributed by atoms with Crippen LogP contribution in [0.5, 0.6) is 51.7 Å². The van der Waals surface area contributed by atoms with Crippen LogP contribution < -0.4 is 71.9 Å². The monoisotopic (exact) mass is 1750 g/mol. The lowest BCUT2D eigenvalue weighted by molar-refractivity contribution is -0.333. The van der Waals surface area contributed by atoms with Gasteiger partial charge in [-0.1, -0.05) is 62.2 Å². The van der Waals surface area contributed by atoms with Crippen LogP contribution in [-0.4, -0.2) is 198 Å². The molecule has 0 unspecified atom stereocenters. The summed E-state index contributed by atoms with van der Waals surface area (Å²) < 4.78 is 47.5. The van der Waals surface area contributed by atoms with Crippen LogP contribution in [0.2, 0.25) is 10.0 Å². The van der Waals surface area contributed by atoms with E-state index in [2.05, 4.69) is 47.3 Å². The first-order valence-electron chi connectivity index (χ1n) is 40.6. The van der Waals surface area contributed by atoms with Crippen LogP contribution >= 0.6 is 35.1 Å². The summed E-state index contributed by atoms with van der Waals surface area (Å²) in [5, 5.41) is 128. The number of hydrogen-bond acceptors (Lipinski definition) is 27. The molecule has 4 aliphatic carbocycles. The molecule has 34 nitrogen and oxygen atoms in total. The van der Waals surface area contributed by atoms with E-state index in [1.165, 1.54) is 57.3 Å². The van der Waals surface area contributed by atoms with Crippen molar-refractivity contribution in [2.75, 3.05) is 20.3 Å². The molecule has 17 rings (SSSR count). The van der Waals surface area contributed by atoms with Gasteiger partial charge in [0.15, 0.2) is 23.9 Å². The highest BCUT2D eigenvalue weighted by molar-refractivity contribution is 7.98. The van der Waals surface area contributed by atoms with Gasteiger partial charge >= 0.3 is 0 Å². The van der Waals surface area contributed by atoms with Gasteiger partial charge in [0, 0.05) is 40.1 Å². The van der Waals surface area contributed by atoms with Crippen molar-refractivity contribution in [3.05, 3.63) is 141 Å². The molecule has 0 aromatic heterocycles. The third-order valence-corrected chi connectivity index (χ3v) is 25.3. The van der Waals surface area contributed by atoms with E-state index in [0.717, 1.165) is 92.9 Å². The molecule has 6 aromatic carbocycles. The standard InChI is InChI=1S/C85H100Cl2N10O24S/c1-7-18-115-46-11-13-47(14-12-46)122-97-61(102)32-53-78(109)92-66-44-28-58(117-56-16-9-40(26-50(56)86)70(103)68(82(113)90-53)95-77(108)52(89-6)19-35(2)3)74(121-84-75(73(106)72(105)60(34-98)119-84)120-62-33-85(5,88)76(107)36(4)116-62)59(29-44)118-57-17-10-41(27-51(57)87)71(104)69-83(114)94-67(81(112)91-64-42-21-37-20-38(23-42)24-43(64)22-37)49-30-45(99)31-55(101)63(49)48-25-39(8-15-54(48)100)65(79(110)96-69)93-80(66)111/h8-17,25-31,35-38,42-43,52-53,60,62,64-73,75-76,84,89,98-101,103-107H,7,18-24,32-34,88H2,1-6H3,(H,90,113)(H,91,112)(H,92,109)(H,93,111)(H,94,114)(H,95,108)(H,96,110)(H,97,102)/t36-,37?,38?,42?,43?,52-,53-,60+,62-,64?,65-,66+,67-,68+,69+,70+,71-,72-,73-,75-,76+,84-,85-/m0/s1. The Morgan fingerprint density at radius 2 is 1.30 bits per heavy atom. The second kappa shape index (κ2) is 36.9. The number of fused-ring (bicyclic) bond motifs is 15. The van der Waals surface area contributed by atoms with E-state index in [9.17, 15) is 55.5 Å². The van der Waals surface area contributed by atoms with E-state index in [0.29, 0.717) is 29.1 Å². The largest absolute Gasteiger partial charge is 0.508 e. The predicted molar refractivity (Wildman–Crippen MR) is 438 cm³/mol. The number of benzene rings is 6. The molecule has 2 saturated heterocycles. The van der Waals surface area contributed by atoms with Gasteiger partial charge in [0.05, 0.1) is 47.9 Å². The molecular formula is C85H100Cl2N10O24S. The Hall–Kier alpha value is -9.83. The molecule has 7 heterocycles. The Labute approximate surface area is 715 Å². The summed E-state index contributed by atoms with van der Waals surface area (Å²) in [6.07, 6.45) is -13.3. The molecule has 20 N–H and O–H groups in total. The molecule has 11 aliphatic rings. The summed E-state index contributed by atoms with van der Waals surface area (Å²) in [6.45, 7) is 8.11. The highest BCUT2D eigenvalue weighted by Gasteiger charge is 2.53. The lowest BCUT2D eigenvalue weighted by Gasteiger charge is -2.54. The number of phenolic OH excluding ortho intramolecular Hbond substituents is 3. The van der Waals surface area contributed by atoms with Gasteiger partial charge < -0.3 is 127 Å². The fraction of sp³-hybridized carbons (Fsp3) is 0.482. The molecule has 6 aromatic rings. The maximum absolute atomic E-state index is 16.6. The summed E-state index contributed by atoms with van der Waals surface area (Å²) in [4.78, 5) is 125. The zero-order valence-electron chi connectivity index (χ0n) is 67.3. The second-order valence-electron chi connectivity index (χ2n) is 33.3. The molecular weight excluding hydrogens is 1650 g/mol. The number of carbonyl (C=O) groups is 8. The zero-order valence-corrected chi connectivity index (χ0v) is 69.6. The molecule has 8 amide bonds. The Bertz CT molecular complexity index is 4950. The van der Waals surface area contributed by atoms with Crippen molar-refractivity contribution >= 4 is 82.4 Å². The van der Waals surface area contributed by atoms with Gasteiger partial charge in [0.1, 0.15) is 101 Å². The van der Waals surface area contributed by atoms with Crippen molar-refractivity contribution in [3.63, 3.8) is 0 Å². The lowest BCUT2D eigenvalue weighted by atomic mass is 9.54. The number of aromatic hydroxyl groups is 3. The number of halogens is 2. The number of amides is 8. The van der Waals surface area contributed by atoms with Crippen LogP contribution in [0, 0.1) is 29.6 Å². The third-order valence-electron chi connectivity index (χ3n) is 23.9. The van der Waals surface area contributed by atoms with Crippen molar-refractivity contribution in [2.24, 2.45) is 35.3 Å². The minimum Gasteiger partial charge on any atom is -0.508 e. The van der Waals surface area contributed by atoms with Gasteiger partial charge in [-0.3, -0.25) is 43.1 Å². The first kappa shape index (κ1) is 88.5. The molecule has 4 saturated carbocycles. The summed E-state index contributed by atoms with van der Waals surface area (Å²) >= 11 is 15.3. The number of nitrogens with one attached hydrogen (secondary N) is 9. The number of hydrogen-bond donors (Lipinski definition) is 19. The Balaban J connectivity index is 0.962. The number of likely N-dealkylation sites (N-methyl/N-ethyl adjacent to an activating group) is 1. The molecule has 37 heteroatoms. The molecule has 0 spiro atoms. The summed E-state index contributed by atoms with van der Waals surface area (Å²) in [5.74, 6) is -12.2. The maximum Gasteiger partial charge on any atom is 0.248 e. The van der Waals surface area contributed by atoms with Crippen molar-refractivity contribution in [2.45, 2.75) is 213 Å². The van der Waals surface area contributed by atoms with Gasteiger partial charge in [-0.05, 0) is 214 Å². The number of rotatable bonds is 19. The number of phenols is 3. The normalized spacial score (nSPS) is 30.8. The highest BCUT2D eigenvalue weighted by atomic mass is 35.5. The zero-order chi connectivity index (χ0) is 87.2. The minimum atomic E-state index is -2.35. The van der Waals surface area contributed by atoms with Crippen molar-refractivity contribution < 1.29 is 117 Å². The minimum absolute atomic E-state index is 0.0667. The van der Waals surface area contributed by atoms with E-state index in [4.69, 9.17) is 62.1 Å². The Morgan fingerprint density at radius 3 is 1.92 bits per heavy atom. The summed E-state index contributed by atoms with van der Waals surface area (Å²) in [5.41, 5.74) is 3.14. The fourth-order valence-corrected chi connectivity index (χ4v) is 18.9. The molecule has 15 bridgehead atoms. The SMILES string of the molecule is CCCOc1ccc(SNC(=O)C[C@@H]2NC(=O)[C@H](NC(=O)[C@H](CC(C)C)NC)[C@H](O)c3ccc(c(Cl)c3)Oc3cc4cc(c3O[C@@H]3O[C@H](CO)[C@H](O)[C@H](O)[C@@H]3O[C@H]3C[C@](C)(N)[C@H](O)[C@H](C)O3)Oc3ccc(cc3Cl)[C@H](O)[C@H]3NC(=O)[C@@H](NC(=O)[C@@H]4NC2=O)c2ccc(O)c(c2)-c2c(O)cc(O)cc2[C@@H](C(=O)NC2C4CC5CC(C4)CC2C5)NC3=O)cc1. The Morgan fingerprint density at radius 1 is 0.680 bits per heavy atom. The fourth-order valence-electron chi connectivity index (χ4n) is 17.9. The van der Waals surface area contributed by atoms with Crippen molar-refractivity contribution in [3.8, 4) is 62.9 Å². The van der Waals surface area contributed by atoms with Crippen LogP contribution in [0.1, 0.15) is 151 Å². The van der Waals surface area contributed by atoms with E-state index < -0.39 is 215 Å². The van der Waals surface area contributed by atoms with Crippen molar-refractivity contribution in [1.82, 2.24) is 47.3 Å². The van der Waals surface area contributed by atoms with Gasteiger partial charge in [-0.2, -0.15) is 0 Å². The van der Waals surface area contributed by atoms with Crippen LogP contribution in [0.3, 0.4) is 0 Å². The van der Waals surface area contributed by atoms with E-state index in [1.807, 2.05) is 20.8 Å². The van der Waals surface area contributed by atoms with Crippen LogP contribution in [0.4, 0.5) is 0 Å². The maximum atomic E-state index is 16.6. The van der Waals surface area contributed by atoms with Crippen LogP contribution in [0.15, 0.2) is 108 Å². The summed E-state index contributed by atoms with van der Waals surface area (Å²) in [6, 6.07) is 7.21. The number of ether oxygens (including phenoxy) is 7. The molecule has 0 radical (unpaired) electrons. The van der Waals surface area contributed by atoms with Gasteiger partial charge in [-0.25, -0.2) is 0 Å². The first-order chi connectivity index (χ1) is 58.1. The highest BCUT2D eigenvalue weighted by Crippen LogP contribution is 2.55. The number of carbonyl (C=O) groups excluding carboxylic acids is 8. The van der Waals surface area contributed by atoms with Gasteiger partial charge in [-0.15, -0.1) is 0 Å². The average molecular weight is 1750 g/mol. The molecule has 654 valence electrons. The first-order valence-corrected chi connectivity index (χ1v) is 42.1. The lowest BCUT2D eigenvalue weighted by Crippen LogP contribution is -2.64. The van der Waals surface area contributed by atoms with Gasteiger partial charge in [0.25, 0.3) is 0 Å². The number of aliphatic hydroxyl groups excluding tert-OH is 6. The van der Waals surface area contributed by atoms with Crippen molar-refractivity contribution in [1.29, 1.82) is 0 Å². The number of aliphatic hydroxyl groups is 6. The summed E-state index contributed by atoms with van der Waals surface area (Å²) in [7, 11) is 1.50. The van der Waals surface area contributed by atoms with Gasteiger partial charge in [0.2, 0.25) is 59.3 Å². The second-order valence-corrected chi connectivity index (χ2v) is 35.0. The predicted octanol–water partition coefficient (Wildman–Crippen LogP) is 5.09. The quantitative estimate of drug-likeness (QED) is 0.0469. The average Bonchev–Trinajstić information content (AvgIpc) is 0.757. The van der Waals surface area contributed by atoms with Crippen LogP contribution in [-0.2, 0) is 52.6 Å². The van der Waals surface area contributed by atoms with E-state index >= 15 is 28.8 Å². The molecule has 18 atom stereocenters. The van der Waals surface area contributed by atoms with Crippen LogP contribution in [0.25, 0.3) is 11.1 Å². The third kappa shape index (κ3) is 19.0. The Kier molecular flexibility index (Phi) is 26.8. The smallest absolute Gasteiger partial charge is 0.248 e. The number of nitrogens with two attached hydrogens (primary N) is 1. The molecule has 122 heavy (non-hydrogen) atoms. The van der Waals surface area contributed by atoms with E-state index in [1.54, 1.807) is 24.3 Å². The topological polar surface area (TPSA) is 518 Å². The van der Waals surface area contributed by atoms with E-state index in [-0.39, 0.29) is 86.5 Å². The molecule has 7 aliphatic heterocycles.